The Morgan fingerprint density at radius 2 is 1.90 bits per heavy atom. The third kappa shape index (κ3) is 3.55. The summed E-state index contributed by atoms with van der Waals surface area (Å²) in [6.45, 7) is 1.99. The lowest BCUT2D eigenvalue weighted by atomic mass is 10.1. The molecule has 31 heavy (non-hydrogen) atoms. The second-order valence-corrected chi connectivity index (χ2v) is 7.17. The summed E-state index contributed by atoms with van der Waals surface area (Å²) in [6.07, 6.45) is 6.64. The standard InChI is InChI=1S/C23H19N5O3/c1-14-5-3-4-6-16(14)21-11-25-23(31-21)27-22(29)26-15-7-8-17-18(20-10-24-13-30-20)12-28(2)19(17)9-15/h3-13H,1-2H3,(H2,25,26,27,29). The quantitative estimate of drug-likeness (QED) is 0.409. The van der Waals surface area contributed by atoms with Gasteiger partial charge in [0.15, 0.2) is 17.9 Å². The Morgan fingerprint density at radius 1 is 1.03 bits per heavy atom. The van der Waals surface area contributed by atoms with Gasteiger partial charge in [-0.15, -0.1) is 0 Å². The van der Waals surface area contributed by atoms with Gasteiger partial charge in [-0.1, -0.05) is 30.3 Å². The van der Waals surface area contributed by atoms with Gasteiger partial charge in [-0.2, -0.15) is 0 Å². The number of nitrogens with zero attached hydrogens (tertiary/aromatic N) is 3. The molecule has 3 aromatic heterocycles. The van der Waals surface area contributed by atoms with E-state index in [1.165, 1.54) is 6.39 Å². The van der Waals surface area contributed by atoms with E-state index >= 15 is 0 Å². The first-order valence-corrected chi connectivity index (χ1v) is 9.66. The van der Waals surface area contributed by atoms with Gasteiger partial charge in [0.05, 0.1) is 17.9 Å². The van der Waals surface area contributed by atoms with E-state index in [2.05, 4.69) is 20.6 Å². The topological polar surface area (TPSA) is 98.1 Å². The molecule has 0 spiro atoms. The van der Waals surface area contributed by atoms with E-state index in [-0.39, 0.29) is 6.01 Å². The lowest BCUT2D eigenvalue weighted by molar-refractivity contribution is 0.261. The lowest BCUT2D eigenvalue weighted by Gasteiger charge is -2.06. The van der Waals surface area contributed by atoms with Crippen molar-refractivity contribution in [1.82, 2.24) is 14.5 Å². The molecule has 0 atom stereocenters. The summed E-state index contributed by atoms with van der Waals surface area (Å²) in [4.78, 5) is 20.6. The summed E-state index contributed by atoms with van der Waals surface area (Å²) in [5.74, 6) is 1.29. The number of anilines is 2. The van der Waals surface area contributed by atoms with Crippen molar-refractivity contribution < 1.29 is 13.6 Å². The van der Waals surface area contributed by atoms with Crippen LogP contribution in [0.5, 0.6) is 0 Å². The third-order valence-corrected chi connectivity index (χ3v) is 5.08. The van der Waals surface area contributed by atoms with Crippen molar-refractivity contribution in [1.29, 1.82) is 0 Å². The minimum Gasteiger partial charge on any atom is -0.443 e. The second kappa shape index (κ2) is 7.49. The maximum absolute atomic E-state index is 12.5. The van der Waals surface area contributed by atoms with E-state index < -0.39 is 6.03 Å². The molecule has 0 saturated carbocycles. The summed E-state index contributed by atoms with van der Waals surface area (Å²) >= 11 is 0. The number of aryl methyl sites for hydroxylation is 2. The van der Waals surface area contributed by atoms with Crippen molar-refractivity contribution >= 4 is 28.6 Å². The van der Waals surface area contributed by atoms with Crippen LogP contribution in [-0.4, -0.2) is 20.6 Å². The molecule has 154 valence electrons. The van der Waals surface area contributed by atoms with Crippen LogP contribution in [0.1, 0.15) is 5.56 Å². The van der Waals surface area contributed by atoms with E-state index in [0.717, 1.165) is 27.6 Å². The second-order valence-electron chi connectivity index (χ2n) is 7.17. The first-order chi connectivity index (χ1) is 15.1. The largest absolute Gasteiger partial charge is 0.443 e. The molecule has 0 radical (unpaired) electrons. The number of carbonyl (C=O) groups is 1. The molecule has 0 aliphatic heterocycles. The summed E-state index contributed by atoms with van der Waals surface area (Å²) in [5, 5.41) is 6.45. The van der Waals surface area contributed by atoms with Crippen molar-refractivity contribution in [2.75, 3.05) is 10.6 Å². The first-order valence-electron chi connectivity index (χ1n) is 9.66. The van der Waals surface area contributed by atoms with Crippen molar-refractivity contribution in [3.63, 3.8) is 0 Å². The van der Waals surface area contributed by atoms with Gasteiger partial charge in [0, 0.05) is 35.4 Å². The zero-order chi connectivity index (χ0) is 21.4. The van der Waals surface area contributed by atoms with Gasteiger partial charge < -0.3 is 18.7 Å². The molecule has 0 aliphatic rings. The molecule has 0 aliphatic carbocycles. The fourth-order valence-electron chi connectivity index (χ4n) is 3.57. The van der Waals surface area contributed by atoms with Gasteiger partial charge in [0.25, 0.3) is 0 Å². The molecule has 0 saturated heterocycles. The normalized spacial score (nSPS) is 11.0. The molecule has 0 unspecified atom stereocenters. The van der Waals surface area contributed by atoms with Gasteiger partial charge >= 0.3 is 12.0 Å². The summed E-state index contributed by atoms with van der Waals surface area (Å²) in [7, 11) is 1.94. The predicted molar refractivity (Wildman–Crippen MR) is 118 cm³/mol. The highest BCUT2D eigenvalue weighted by molar-refractivity contribution is 6.02. The number of carbonyl (C=O) groups excluding carboxylic acids is 1. The maximum Gasteiger partial charge on any atom is 0.327 e. The lowest BCUT2D eigenvalue weighted by Crippen LogP contribution is -2.19. The van der Waals surface area contributed by atoms with E-state index in [1.807, 2.05) is 67.2 Å². The van der Waals surface area contributed by atoms with Crippen LogP contribution in [0.25, 0.3) is 33.6 Å². The van der Waals surface area contributed by atoms with Crippen LogP contribution >= 0.6 is 0 Å². The average molecular weight is 413 g/mol. The van der Waals surface area contributed by atoms with Crippen LogP contribution in [0.4, 0.5) is 16.5 Å². The molecular formula is C23H19N5O3. The number of benzene rings is 2. The molecular weight excluding hydrogens is 394 g/mol. The zero-order valence-electron chi connectivity index (χ0n) is 16.9. The molecule has 0 bridgehead atoms. The number of rotatable bonds is 4. The minimum atomic E-state index is -0.442. The number of amides is 2. The number of urea groups is 1. The third-order valence-electron chi connectivity index (χ3n) is 5.08. The molecule has 8 nitrogen and oxygen atoms in total. The highest BCUT2D eigenvalue weighted by Crippen LogP contribution is 2.31. The van der Waals surface area contributed by atoms with Crippen LogP contribution in [0.15, 0.2) is 76.3 Å². The number of hydrogen-bond donors (Lipinski definition) is 2. The van der Waals surface area contributed by atoms with E-state index in [4.69, 9.17) is 8.83 Å². The van der Waals surface area contributed by atoms with Gasteiger partial charge in [0.1, 0.15) is 0 Å². The van der Waals surface area contributed by atoms with Crippen LogP contribution in [0.2, 0.25) is 0 Å². The Hall–Kier alpha value is -4.33. The molecule has 5 aromatic rings. The highest BCUT2D eigenvalue weighted by Gasteiger charge is 2.14. The smallest absolute Gasteiger partial charge is 0.327 e. The fourth-order valence-corrected chi connectivity index (χ4v) is 3.57. The van der Waals surface area contributed by atoms with Crippen molar-refractivity contribution in [3.8, 4) is 22.6 Å². The molecule has 3 heterocycles. The van der Waals surface area contributed by atoms with Crippen LogP contribution in [-0.2, 0) is 7.05 Å². The fraction of sp³-hybridized carbons (Fsp3) is 0.0870. The van der Waals surface area contributed by atoms with Gasteiger partial charge in [-0.05, 0) is 24.6 Å². The number of hydrogen-bond acceptors (Lipinski definition) is 5. The minimum absolute atomic E-state index is 0.128. The molecule has 2 aromatic carbocycles. The SMILES string of the molecule is Cc1ccccc1-c1cnc(NC(=O)Nc2ccc3c(-c4cnco4)cn(C)c3c2)o1. The van der Waals surface area contributed by atoms with Gasteiger partial charge in [-0.25, -0.2) is 14.8 Å². The molecule has 0 fully saturated rings. The predicted octanol–water partition coefficient (Wildman–Crippen LogP) is 5.44. The number of oxazole rings is 2. The molecule has 2 N–H and O–H groups in total. The Morgan fingerprint density at radius 3 is 2.71 bits per heavy atom. The van der Waals surface area contributed by atoms with Crippen molar-refractivity contribution in [2.45, 2.75) is 6.92 Å². The Labute approximate surface area is 177 Å². The molecule has 2 amide bonds. The Bertz CT molecular complexity index is 1380. The Kier molecular flexibility index (Phi) is 4.51. The van der Waals surface area contributed by atoms with Crippen LogP contribution in [0.3, 0.4) is 0 Å². The number of fused-ring (bicyclic) bond motifs is 1. The van der Waals surface area contributed by atoms with Crippen molar-refractivity contribution in [3.05, 3.63) is 73.0 Å². The number of aromatic nitrogens is 3. The maximum atomic E-state index is 12.5. The average Bonchev–Trinajstić information content (AvgIpc) is 3.50. The highest BCUT2D eigenvalue weighted by atomic mass is 16.4. The molecule has 8 heteroatoms. The number of nitrogens with one attached hydrogen (secondary N) is 2. The zero-order valence-corrected chi connectivity index (χ0v) is 16.9. The van der Waals surface area contributed by atoms with E-state index in [1.54, 1.807) is 12.4 Å². The summed E-state index contributed by atoms with van der Waals surface area (Å²) < 4.78 is 13.1. The van der Waals surface area contributed by atoms with Crippen LogP contribution < -0.4 is 10.6 Å². The van der Waals surface area contributed by atoms with E-state index in [0.29, 0.717) is 17.2 Å². The summed E-state index contributed by atoms with van der Waals surface area (Å²) in [6, 6.07) is 13.2. The van der Waals surface area contributed by atoms with E-state index in [9.17, 15) is 4.79 Å². The molecule has 5 rings (SSSR count). The van der Waals surface area contributed by atoms with Gasteiger partial charge in [0.2, 0.25) is 0 Å². The van der Waals surface area contributed by atoms with Crippen LogP contribution in [0, 0.1) is 6.92 Å². The summed E-state index contributed by atoms with van der Waals surface area (Å²) in [5.41, 5.74) is 4.52. The van der Waals surface area contributed by atoms with Gasteiger partial charge in [-0.3, -0.25) is 5.32 Å². The Balaban J connectivity index is 1.33. The van der Waals surface area contributed by atoms with Crippen molar-refractivity contribution in [2.24, 2.45) is 7.05 Å². The monoisotopic (exact) mass is 413 g/mol. The first kappa shape index (κ1) is 18.7.